The molecule has 0 amide bonds. The summed E-state index contributed by atoms with van der Waals surface area (Å²) in [5, 5.41) is 1.91. The standard InChI is InChI=1S/C14H12OS/c1-11-4-6-12(7-5-11)8-9-13(15)14-3-2-10-16-14/h2-10H,1H3. The van der Waals surface area contributed by atoms with E-state index in [9.17, 15) is 4.79 Å². The molecule has 0 bridgehead atoms. The van der Waals surface area contributed by atoms with Gasteiger partial charge < -0.3 is 0 Å². The number of thiophene rings is 1. The molecule has 2 heteroatoms. The van der Waals surface area contributed by atoms with Crippen molar-refractivity contribution in [2.75, 3.05) is 0 Å². The van der Waals surface area contributed by atoms with Gasteiger partial charge in [0, 0.05) is 0 Å². The van der Waals surface area contributed by atoms with Gasteiger partial charge in [0.25, 0.3) is 0 Å². The van der Waals surface area contributed by atoms with E-state index in [0.717, 1.165) is 10.4 Å². The highest BCUT2D eigenvalue weighted by atomic mass is 32.1. The molecule has 0 unspecified atom stereocenters. The first-order chi connectivity index (χ1) is 7.75. The minimum atomic E-state index is 0.0653. The minimum absolute atomic E-state index is 0.0653. The lowest BCUT2D eigenvalue weighted by atomic mass is 10.1. The summed E-state index contributed by atoms with van der Waals surface area (Å²) in [4.78, 5) is 12.5. The topological polar surface area (TPSA) is 17.1 Å². The maximum Gasteiger partial charge on any atom is 0.195 e. The highest BCUT2D eigenvalue weighted by molar-refractivity contribution is 7.12. The largest absolute Gasteiger partial charge is 0.288 e. The smallest absolute Gasteiger partial charge is 0.195 e. The van der Waals surface area contributed by atoms with Gasteiger partial charge in [-0.25, -0.2) is 0 Å². The van der Waals surface area contributed by atoms with E-state index < -0.39 is 0 Å². The van der Waals surface area contributed by atoms with Crippen molar-refractivity contribution in [1.29, 1.82) is 0 Å². The molecule has 80 valence electrons. The number of ketones is 1. The lowest BCUT2D eigenvalue weighted by Crippen LogP contribution is -1.88. The summed E-state index contributed by atoms with van der Waals surface area (Å²) in [6.07, 6.45) is 3.47. The summed E-state index contributed by atoms with van der Waals surface area (Å²) in [5.41, 5.74) is 2.28. The van der Waals surface area contributed by atoms with Crippen molar-refractivity contribution < 1.29 is 4.79 Å². The fourth-order valence-electron chi connectivity index (χ4n) is 1.35. The Bertz CT molecular complexity index is 492. The summed E-state index contributed by atoms with van der Waals surface area (Å²) in [7, 11) is 0. The van der Waals surface area contributed by atoms with Gasteiger partial charge >= 0.3 is 0 Å². The van der Waals surface area contributed by atoms with Crippen LogP contribution in [0.2, 0.25) is 0 Å². The average molecular weight is 228 g/mol. The molecular formula is C14H12OS. The Morgan fingerprint density at radius 1 is 1.19 bits per heavy atom. The number of hydrogen-bond acceptors (Lipinski definition) is 2. The Balaban J connectivity index is 2.10. The third-order valence-electron chi connectivity index (χ3n) is 2.27. The zero-order chi connectivity index (χ0) is 11.4. The van der Waals surface area contributed by atoms with E-state index in [1.807, 2.05) is 54.8 Å². The zero-order valence-electron chi connectivity index (χ0n) is 9.01. The van der Waals surface area contributed by atoms with Crippen molar-refractivity contribution in [3.63, 3.8) is 0 Å². The van der Waals surface area contributed by atoms with Crippen molar-refractivity contribution in [1.82, 2.24) is 0 Å². The molecule has 1 nitrogen and oxygen atoms in total. The van der Waals surface area contributed by atoms with E-state index in [4.69, 9.17) is 0 Å². The van der Waals surface area contributed by atoms with Gasteiger partial charge in [-0.15, -0.1) is 11.3 Å². The number of hydrogen-bond donors (Lipinski definition) is 0. The van der Waals surface area contributed by atoms with Gasteiger partial charge in [0.05, 0.1) is 4.88 Å². The summed E-state index contributed by atoms with van der Waals surface area (Å²) in [5.74, 6) is 0.0653. The Labute approximate surface area is 99.1 Å². The quantitative estimate of drug-likeness (QED) is 0.574. The number of benzene rings is 1. The molecule has 0 saturated carbocycles. The molecule has 1 aromatic carbocycles. The monoisotopic (exact) mass is 228 g/mol. The summed E-state index contributed by atoms with van der Waals surface area (Å²) in [6.45, 7) is 2.05. The number of carbonyl (C=O) groups excluding carboxylic acids is 1. The summed E-state index contributed by atoms with van der Waals surface area (Å²) >= 11 is 1.47. The van der Waals surface area contributed by atoms with Crippen LogP contribution in [0.4, 0.5) is 0 Å². The van der Waals surface area contributed by atoms with Crippen LogP contribution in [0.25, 0.3) is 6.08 Å². The lowest BCUT2D eigenvalue weighted by Gasteiger charge is -1.94. The van der Waals surface area contributed by atoms with Crippen LogP contribution in [0.5, 0.6) is 0 Å². The first-order valence-electron chi connectivity index (χ1n) is 5.08. The van der Waals surface area contributed by atoms with Crippen molar-refractivity contribution in [3.8, 4) is 0 Å². The van der Waals surface area contributed by atoms with E-state index in [0.29, 0.717) is 0 Å². The molecule has 2 aromatic rings. The van der Waals surface area contributed by atoms with E-state index in [1.54, 1.807) is 6.08 Å². The van der Waals surface area contributed by atoms with Crippen molar-refractivity contribution in [2.24, 2.45) is 0 Å². The molecule has 0 saturated heterocycles. The van der Waals surface area contributed by atoms with Crippen LogP contribution in [0.15, 0.2) is 47.9 Å². The molecule has 16 heavy (non-hydrogen) atoms. The third-order valence-corrected chi connectivity index (χ3v) is 3.15. The molecule has 0 aliphatic carbocycles. The predicted molar refractivity (Wildman–Crippen MR) is 68.9 cm³/mol. The second-order valence-corrected chi connectivity index (χ2v) is 4.53. The van der Waals surface area contributed by atoms with Crippen LogP contribution in [-0.4, -0.2) is 5.78 Å². The number of aryl methyl sites for hydroxylation is 1. The van der Waals surface area contributed by atoms with Gasteiger partial charge in [0.1, 0.15) is 0 Å². The predicted octanol–water partition coefficient (Wildman–Crippen LogP) is 3.95. The molecule has 1 aromatic heterocycles. The molecule has 1 heterocycles. The molecule has 0 aliphatic heterocycles. The highest BCUT2D eigenvalue weighted by Crippen LogP contribution is 2.11. The van der Waals surface area contributed by atoms with Gasteiger partial charge in [0.15, 0.2) is 5.78 Å². The van der Waals surface area contributed by atoms with E-state index in [2.05, 4.69) is 0 Å². The zero-order valence-corrected chi connectivity index (χ0v) is 9.83. The Kier molecular flexibility index (Phi) is 3.32. The second-order valence-electron chi connectivity index (χ2n) is 3.59. The first kappa shape index (κ1) is 10.8. The normalized spacial score (nSPS) is 10.8. The van der Waals surface area contributed by atoms with Crippen molar-refractivity contribution >= 4 is 23.2 Å². The minimum Gasteiger partial charge on any atom is -0.288 e. The van der Waals surface area contributed by atoms with E-state index >= 15 is 0 Å². The molecule has 0 fully saturated rings. The Hall–Kier alpha value is -1.67. The van der Waals surface area contributed by atoms with Crippen LogP contribution >= 0.6 is 11.3 Å². The molecule has 0 aliphatic rings. The second kappa shape index (κ2) is 4.90. The summed E-state index contributed by atoms with van der Waals surface area (Å²) in [6, 6.07) is 11.8. The molecule has 0 spiro atoms. The van der Waals surface area contributed by atoms with Crippen molar-refractivity contribution in [3.05, 3.63) is 63.9 Å². The van der Waals surface area contributed by atoms with Crippen molar-refractivity contribution in [2.45, 2.75) is 6.92 Å². The number of allylic oxidation sites excluding steroid dienone is 1. The number of rotatable bonds is 3. The maximum absolute atomic E-state index is 11.7. The van der Waals surface area contributed by atoms with Gasteiger partial charge in [-0.3, -0.25) is 4.79 Å². The maximum atomic E-state index is 11.7. The fraction of sp³-hybridized carbons (Fsp3) is 0.0714. The molecule has 0 radical (unpaired) electrons. The van der Waals surface area contributed by atoms with E-state index in [1.165, 1.54) is 16.9 Å². The Morgan fingerprint density at radius 3 is 2.56 bits per heavy atom. The van der Waals surface area contributed by atoms with Gasteiger partial charge in [-0.1, -0.05) is 42.0 Å². The molecule has 2 rings (SSSR count). The molecule has 0 atom stereocenters. The fourth-order valence-corrected chi connectivity index (χ4v) is 2.00. The van der Waals surface area contributed by atoms with Crippen LogP contribution in [0.1, 0.15) is 20.8 Å². The van der Waals surface area contributed by atoms with Gasteiger partial charge in [-0.05, 0) is 30.0 Å². The van der Waals surface area contributed by atoms with Crippen LogP contribution in [-0.2, 0) is 0 Å². The SMILES string of the molecule is Cc1ccc(C=CC(=O)c2cccs2)cc1. The molecular weight excluding hydrogens is 216 g/mol. The van der Waals surface area contributed by atoms with Crippen LogP contribution in [0, 0.1) is 6.92 Å². The average Bonchev–Trinajstić information content (AvgIpc) is 2.81. The van der Waals surface area contributed by atoms with Gasteiger partial charge in [-0.2, -0.15) is 0 Å². The van der Waals surface area contributed by atoms with Gasteiger partial charge in [0.2, 0.25) is 0 Å². The first-order valence-corrected chi connectivity index (χ1v) is 5.96. The highest BCUT2D eigenvalue weighted by Gasteiger charge is 2.00. The summed E-state index contributed by atoms with van der Waals surface area (Å²) < 4.78 is 0. The Morgan fingerprint density at radius 2 is 1.94 bits per heavy atom. The lowest BCUT2D eigenvalue weighted by molar-refractivity contribution is 0.105. The molecule has 0 N–H and O–H groups in total. The third kappa shape index (κ3) is 2.67. The van der Waals surface area contributed by atoms with Crippen LogP contribution in [0.3, 0.4) is 0 Å². The number of carbonyl (C=O) groups is 1. The van der Waals surface area contributed by atoms with Crippen LogP contribution < -0.4 is 0 Å². The van der Waals surface area contributed by atoms with E-state index in [-0.39, 0.29) is 5.78 Å².